The molecule has 5 aromatic carbocycles. The van der Waals surface area contributed by atoms with Gasteiger partial charge in [-0.05, 0) is 67.4 Å². The highest BCUT2D eigenvalue weighted by atomic mass is 14.4. The van der Waals surface area contributed by atoms with E-state index >= 15 is 0 Å². The van der Waals surface area contributed by atoms with Crippen molar-refractivity contribution in [3.63, 3.8) is 0 Å². The molecule has 0 radical (unpaired) electrons. The molecular formula is C31H25B. The smallest absolute Gasteiger partial charge is 0.0733 e. The van der Waals surface area contributed by atoms with Gasteiger partial charge in [0.05, 0.1) is 0 Å². The first-order chi connectivity index (χ1) is 15.5. The zero-order chi connectivity index (χ0) is 21.9. The molecule has 0 amide bonds. The number of hydrogen-bond acceptors (Lipinski definition) is 0. The van der Waals surface area contributed by atoms with E-state index in [4.69, 9.17) is 0 Å². The molecule has 5 aromatic rings. The second kappa shape index (κ2) is 6.97. The molecule has 0 aliphatic heterocycles. The molecule has 32 heavy (non-hydrogen) atoms. The first-order valence-electron chi connectivity index (χ1n) is 11.4. The summed E-state index contributed by atoms with van der Waals surface area (Å²) in [6.45, 7) is 4.74. The van der Waals surface area contributed by atoms with Gasteiger partial charge in [-0.2, -0.15) is 0 Å². The molecule has 1 aliphatic carbocycles. The molecule has 0 nitrogen and oxygen atoms in total. The molecule has 0 atom stereocenters. The Bertz CT molecular complexity index is 1480. The van der Waals surface area contributed by atoms with Crippen molar-refractivity contribution < 1.29 is 0 Å². The molecular weight excluding hydrogens is 383 g/mol. The summed E-state index contributed by atoms with van der Waals surface area (Å²) in [5.41, 5.74) is 12.1. The minimum absolute atomic E-state index is 0.0144. The Balaban J connectivity index is 1.47. The largest absolute Gasteiger partial charge is 0.140 e. The maximum Gasteiger partial charge on any atom is 0.140 e. The van der Waals surface area contributed by atoms with Gasteiger partial charge in [0.25, 0.3) is 0 Å². The highest BCUT2D eigenvalue weighted by Crippen LogP contribution is 2.49. The van der Waals surface area contributed by atoms with E-state index in [2.05, 4.69) is 125 Å². The van der Waals surface area contributed by atoms with Crippen LogP contribution >= 0.6 is 0 Å². The molecule has 0 N–H and O–H groups in total. The third kappa shape index (κ3) is 2.78. The third-order valence-corrected chi connectivity index (χ3v) is 7.27. The van der Waals surface area contributed by atoms with Crippen molar-refractivity contribution in [3.05, 3.63) is 114 Å². The third-order valence-electron chi connectivity index (χ3n) is 7.27. The van der Waals surface area contributed by atoms with E-state index in [1.807, 2.05) is 0 Å². The first-order valence-corrected chi connectivity index (χ1v) is 11.4. The van der Waals surface area contributed by atoms with Gasteiger partial charge < -0.3 is 0 Å². The van der Waals surface area contributed by atoms with Crippen LogP contribution in [0.1, 0.15) is 25.0 Å². The molecule has 0 unspecified atom stereocenters. The van der Waals surface area contributed by atoms with Crippen LogP contribution in [0.2, 0.25) is 0 Å². The second-order valence-electron chi connectivity index (χ2n) is 9.47. The summed E-state index contributed by atoms with van der Waals surface area (Å²) in [6.07, 6.45) is 0. The molecule has 0 saturated carbocycles. The SMILES string of the molecule is Bc1c2c(cc3ccccc13)C(C)(C)c1cc(-c3ccc(-c4ccccc4)cc3)ccc1-2. The molecule has 0 spiro atoms. The fraction of sp³-hybridized carbons (Fsp3) is 0.0968. The summed E-state index contributed by atoms with van der Waals surface area (Å²) in [6, 6.07) is 37.7. The number of benzene rings is 5. The highest BCUT2D eigenvalue weighted by molar-refractivity contribution is 6.43. The van der Waals surface area contributed by atoms with Crippen LogP contribution in [0.25, 0.3) is 44.2 Å². The summed E-state index contributed by atoms with van der Waals surface area (Å²) < 4.78 is 0. The maximum atomic E-state index is 2.41. The monoisotopic (exact) mass is 408 g/mol. The normalized spacial score (nSPS) is 13.7. The topological polar surface area (TPSA) is 0 Å². The molecule has 0 aromatic heterocycles. The van der Waals surface area contributed by atoms with Gasteiger partial charge in [-0.1, -0.05) is 110 Å². The van der Waals surface area contributed by atoms with Crippen LogP contribution in [0.3, 0.4) is 0 Å². The Hall–Kier alpha value is -3.58. The van der Waals surface area contributed by atoms with Crippen molar-refractivity contribution in [2.24, 2.45) is 0 Å². The average Bonchev–Trinajstić information content (AvgIpc) is 3.06. The predicted molar refractivity (Wildman–Crippen MR) is 141 cm³/mol. The summed E-state index contributed by atoms with van der Waals surface area (Å²) in [5.74, 6) is 0. The van der Waals surface area contributed by atoms with Gasteiger partial charge in [0.1, 0.15) is 7.85 Å². The molecule has 0 saturated heterocycles. The van der Waals surface area contributed by atoms with Crippen molar-refractivity contribution in [1.82, 2.24) is 0 Å². The van der Waals surface area contributed by atoms with Gasteiger partial charge in [0.15, 0.2) is 0 Å². The van der Waals surface area contributed by atoms with Crippen LogP contribution in [-0.4, -0.2) is 7.85 Å². The lowest BCUT2D eigenvalue weighted by atomic mass is 9.78. The van der Waals surface area contributed by atoms with E-state index < -0.39 is 0 Å². The van der Waals surface area contributed by atoms with Gasteiger partial charge in [0, 0.05) is 5.41 Å². The van der Waals surface area contributed by atoms with Crippen molar-refractivity contribution in [1.29, 1.82) is 0 Å². The predicted octanol–water partition coefficient (Wildman–Crippen LogP) is 6.74. The molecule has 0 heterocycles. The van der Waals surface area contributed by atoms with Crippen molar-refractivity contribution in [2.45, 2.75) is 19.3 Å². The quantitative estimate of drug-likeness (QED) is 0.284. The van der Waals surface area contributed by atoms with Gasteiger partial charge >= 0.3 is 0 Å². The van der Waals surface area contributed by atoms with Gasteiger partial charge in [-0.25, -0.2) is 0 Å². The highest BCUT2D eigenvalue weighted by Gasteiger charge is 2.36. The second-order valence-corrected chi connectivity index (χ2v) is 9.47. The molecule has 0 bridgehead atoms. The summed E-state index contributed by atoms with van der Waals surface area (Å²) >= 11 is 0. The van der Waals surface area contributed by atoms with Crippen LogP contribution in [0.5, 0.6) is 0 Å². The van der Waals surface area contributed by atoms with Crippen LogP contribution in [0, 0.1) is 0 Å². The molecule has 6 rings (SSSR count). The minimum atomic E-state index is -0.0144. The van der Waals surface area contributed by atoms with Crippen molar-refractivity contribution in [3.8, 4) is 33.4 Å². The Morgan fingerprint density at radius 2 is 1.16 bits per heavy atom. The van der Waals surface area contributed by atoms with Crippen LogP contribution < -0.4 is 5.46 Å². The summed E-state index contributed by atoms with van der Waals surface area (Å²) in [5, 5.41) is 2.69. The molecule has 1 heteroatoms. The van der Waals surface area contributed by atoms with Crippen LogP contribution in [0.4, 0.5) is 0 Å². The maximum absolute atomic E-state index is 2.41. The van der Waals surface area contributed by atoms with Gasteiger partial charge in [-0.3, -0.25) is 0 Å². The first kappa shape index (κ1) is 19.1. The Kier molecular flexibility index (Phi) is 4.17. The van der Waals surface area contributed by atoms with E-state index in [9.17, 15) is 0 Å². The number of rotatable bonds is 2. The average molecular weight is 408 g/mol. The van der Waals surface area contributed by atoms with Crippen LogP contribution in [-0.2, 0) is 5.41 Å². The van der Waals surface area contributed by atoms with Crippen LogP contribution in [0.15, 0.2) is 103 Å². The lowest BCUT2D eigenvalue weighted by molar-refractivity contribution is 0.661. The Labute approximate surface area is 191 Å². The van der Waals surface area contributed by atoms with Crippen molar-refractivity contribution >= 4 is 24.1 Å². The van der Waals surface area contributed by atoms with Gasteiger partial charge in [-0.15, -0.1) is 0 Å². The van der Waals surface area contributed by atoms with E-state index in [-0.39, 0.29) is 5.41 Å². The molecule has 152 valence electrons. The zero-order valence-corrected chi connectivity index (χ0v) is 18.8. The van der Waals surface area contributed by atoms with Gasteiger partial charge in [0.2, 0.25) is 0 Å². The zero-order valence-electron chi connectivity index (χ0n) is 18.8. The lowest BCUT2D eigenvalue weighted by Gasteiger charge is -2.23. The molecule has 1 aliphatic rings. The Morgan fingerprint density at radius 3 is 1.91 bits per heavy atom. The fourth-order valence-corrected chi connectivity index (χ4v) is 5.46. The number of fused-ring (bicyclic) bond motifs is 4. The summed E-state index contributed by atoms with van der Waals surface area (Å²) in [4.78, 5) is 0. The van der Waals surface area contributed by atoms with E-state index in [0.29, 0.717) is 0 Å². The Morgan fingerprint density at radius 1 is 0.562 bits per heavy atom. The van der Waals surface area contributed by atoms with E-state index in [1.165, 1.54) is 60.7 Å². The van der Waals surface area contributed by atoms with Crippen molar-refractivity contribution in [2.75, 3.05) is 0 Å². The fourth-order valence-electron chi connectivity index (χ4n) is 5.46. The minimum Gasteiger partial charge on any atom is -0.0733 e. The molecule has 0 fully saturated rings. The van der Waals surface area contributed by atoms with E-state index in [1.54, 1.807) is 0 Å². The summed E-state index contributed by atoms with van der Waals surface area (Å²) in [7, 11) is 2.28. The standard InChI is InChI=1S/C31H25B/c1-31(2)27-18-23(22-14-12-21(13-15-22)20-8-4-3-5-9-20)16-17-26(27)29-28(31)19-24-10-6-7-11-25(24)30(29)32/h3-19H,32H2,1-2H3. The number of hydrogen-bond donors (Lipinski definition) is 0. The lowest BCUT2D eigenvalue weighted by Crippen LogP contribution is -2.17. The van der Waals surface area contributed by atoms with E-state index in [0.717, 1.165) is 0 Å².